The van der Waals surface area contributed by atoms with Crippen LogP contribution in [0.5, 0.6) is 0 Å². The van der Waals surface area contributed by atoms with Crippen molar-refractivity contribution in [2.45, 2.75) is 6.54 Å². The van der Waals surface area contributed by atoms with Crippen LogP contribution in [0.2, 0.25) is 0 Å². The third-order valence-corrected chi connectivity index (χ3v) is 4.05. The highest BCUT2D eigenvalue weighted by Crippen LogP contribution is 2.27. The molecule has 0 fully saturated rings. The van der Waals surface area contributed by atoms with Crippen LogP contribution in [0, 0.1) is 5.82 Å². The smallest absolute Gasteiger partial charge is 0.161 e. The second-order valence-corrected chi connectivity index (χ2v) is 6.47. The van der Waals surface area contributed by atoms with Gasteiger partial charge < -0.3 is 9.88 Å². The summed E-state index contributed by atoms with van der Waals surface area (Å²) in [6.45, 7) is 0.628. The Morgan fingerprint density at radius 2 is 2.07 bits per heavy atom. The van der Waals surface area contributed by atoms with E-state index in [0.717, 1.165) is 11.4 Å². The van der Waals surface area contributed by atoms with Crippen molar-refractivity contribution in [3.8, 4) is 11.4 Å². The number of halogens is 1. The Labute approximate surface area is 155 Å². The van der Waals surface area contributed by atoms with Gasteiger partial charge in [-0.15, -0.1) is 10.2 Å². The summed E-state index contributed by atoms with van der Waals surface area (Å²) in [5.74, 6) is 0.858. The van der Waals surface area contributed by atoms with Crippen LogP contribution in [0.4, 0.5) is 4.39 Å². The van der Waals surface area contributed by atoms with Gasteiger partial charge in [0.2, 0.25) is 0 Å². The van der Waals surface area contributed by atoms with Crippen molar-refractivity contribution in [3.05, 3.63) is 59.6 Å². The Kier molecular flexibility index (Phi) is 4.47. The number of H-pyrrole nitrogens is 2. The average Bonchev–Trinajstić information content (AvgIpc) is 3.27. The zero-order valence-electron chi connectivity index (χ0n) is 14.9. The molecule has 2 N–H and O–H groups in total. The van der Waals surface area contributed by atoms with Crippen LogP contribution < -0.4 is 0 Å². The lowest BCUT2D eigenvalue weighted by molar-refractivity contribution is 0.391. The number of rotatable bonds is 5. The number of hydrogen-bond donors (Lipinski definition) is 2. The molecule has 0 amide bonds. The van der Waals surface area contributed by atoms with Gasteiger partial charge in [0.15, 0.2) is 5.82 Å². The quantitative estimate of drug-likeness (QED) is 0.569. The molecule has 0 aliphatic heterocycles. The van der Waals surface area contributed by atoms with Gasteiger partial charge in [-0.3, -0.25) is 10.1 Å². The molecule has 0 spiro atoms. The third kappa shape index (κ3) is 3.61. The first kappa shape index (κ1) is 17.0. The lowest BCUT2D eigenvalue weighted by Gasteiger charge is -2.04. The Morgan fingerprint density at radius 1 is 1.19 bits per heavy atom. The average molecular weight is 363 g/mol. The van der Waals surface area contributed by atoms with Crippen molar-refractivity contribution >= 4 is 23.1 Å². The van der Waals surface area contributed by atoms with Gasteiger partial charge >= 0.3 is 0 Å². The molecule has 0 aliphatic rings. The van der Waals surface area contributed by atoms with E-state index < -0.39 is 0 Å². The van der Waals surface area contributed by atoms with E-state index in [1.165, 1.54) is 6.07 Å². The molecule has 0 aliphatic carbocycles. The van der Waals surface area contributed by atoms with Crippen molar-refractivity contribution in [2.24, 2.45) is 0 Å². The highest BCUT2D eigenvalue weighted by molar-refractivity contribution is 5.92. The van der Waals surface area contributed by atoms with Crippen LogP contribution in [0.3, 0.4) is 0 Å². The summed E-state index contributed by atoms with van der Waals surface area (Å²) in [5, 5.41) is 15.9. The number of hydrogen-bond acceptors (Lipinski definition) is 5. The molecule has 0 radical (unpaired) electrons. The maximum absolute atomic E-state index is 14.6. The molecule has 136 valence electrons. The van der Waals surface area contributed by atoms with Crippen LogP contribution in [0.1, 0.15) is 17.1 Å². The number of benzene rings is 1. The highest BCUT2D eigenvalue weighted by Gasteiger charge is 2.13. The highest BCUT2D eigenvalue weighted by atomic mass is 19.1. The van der Waals surface area contributed by atoms with Gasteiger partial charge in [-0.1, -0.05) is 12.1 Å². The van der Waals surface area contributed by atoms with Crippen LogP contribution in [-0.4, -0.2) is 49.4 Å². The van der Waals surface area contributed by atoms with E-state index in [0.29, 0.717) is 34.5 Å². The fourth-order valence-electron chi connectivity index (χ4n) is 2.81. The first-order valence-corrected chi connectivity index (χ1v) is 8.42. The van der Waals surface area contributed by atoms with Gasteiger partial charge in [-0.25, -0.2) is 4.39 Å². The summed E-state index contributed by atoms with van der Waals surface area (Å²) in [7, 11) is 3.89. The predicted octanol–water partition coefficient (Wildman–Crippen LogP) is 3.11. The second-order valence-electron chi connectivity index (χ2n) is 6.47. The number of aromatic amines is 2. The number of pyridine rings is 1. The zero-order chi connectivity index (χ0) is 18.8. The molecule has 0 bridgehead atoms. The number of aromatic nitrogens is 6. The summed E-state index contributed by atoms with van der Waals surface area (Å²) in [6.07, 6.45) is 7.18. The minimum Gasteiger partial charge on any atom is -0.324 e. The summed E-state index contributed by atoms with van der Waals surface area (Å²) in [5.41, 5.74) is 2.56. The normalized spacial score (nSPS) is 11.9. The van der Waals surface area contributed by atoms with Crippen LogP contribution in [0.25, 0.3) is 34.4 Å². The van der Waals surface area contributed by atoms with Gasteiger partial charge in [-0.2, -0.15) is 5.10 Å². The molecule has 3 aromatic heterocycles. The zero-order valence-corrected chi connectivity index (χ0v) is 14.9. The standard InChI is InChI=1S/C19H18FN7/c1-27(2)11-17-22-19(26-24-17)13-8-14-16(23-25-18(14)15(20)9-13)6-5-12-4-3-7-21-10-12/h3-10H,11H2,1-2H3,(H,23,25)(H,22,24,26). The molecular formula is C19H18FN7. The Morgan fingerprint density at radius 3 is 2.85 bits per heavy atom. The van der Waals surface area contributed by atoms with Crippen LogP contribution in [0.15, 0.2) is 36.7 Å². The van der Waals surface area contributed by atoms with Gasteiger partial charge in [-0.05, 0) is 43.9 Å². The molecule has 4 rings (SSSR count). The minimum atomic E-state index is -0.387. The Bertz CT molecular complexity index is 1100. The molecule has 7 nitrogen and oxygen atoms in total. The van der Waals surface area contributed by atoms with E-state index in [1.54, 1.807) is 12.4 Å². The second kappa shape index (κ2) is 7.08. The number of fused-ring (bicyclic) bond motifs is 1. The number of nitrogens with one attached hydrogen (secondary N) is 2. The molecule has 0 saturated heterocycles. The maximum Gasteiger partial charge on any atom is 0.161 e. The lowest BCUT2D eigenvalue weighted by atomic mass is 10.1. The van der Waals surface area contributed by atoms with E-state index in [4.69, 9.17) is 0 Å². The SMILES string of the molecule is CN(C)Cc1nnc(-c2cc(F)c3[nH]nc(C=Cc4cccnc4)c3c2)[nH]1. The summed E-state index contributed by atoms with van der Waals surface area (Å²) in [6, 6.07) is 7.07. The van der Waals surface area contributed by atoms with Gasteiger partial charge in [0, 0.05) is 23.3 Å². The van der Waals surface area contributed by atoms with Crippen molar-refractivity contribution in [2.75, 3.05) is 14.1 Å². The predicted molar refractivity (Wildman–Crippen MR) is 102 cm³/mol. The van der Waals surface area contributed by atoms with Crippen LogP contribution in [-0.2, 0) is 6.54 Å². The first-order valence-electron chi connectivity index (χ1n) is 8.42. The largest absolute Gasteiger partial charge is 0.324 e. The summed E-state index contributed by atoms with van der Waals surface area (Å²) in [4.78, 5) is 9.19. The van der Waals surface area contributed by atoms with Gasteiger partial charge in [0.1, 0.15) is 17.2 Å². The topological polar surface area (TPSA) is 86.4 Å². The number of nitrogens with zero attached hydrogens (tertiary/aromatic N) is 5. The van der Waals surface area contributed by atoms with E-state index in [-0.39, 0.29) is 5.82 Å². The molecule has 0 atom stereocenters. The van der Waals surface area contributed by atoms with Crippen LogP contribution >= 0.6 is 0 Å². The molecule has 1 aromatic carbocycles. The minimum absolute atomic E-state index is 0.359. The summed E-state index contributed by atoms with van der Waals surface area (Å²) < 4.78 is 14.6. The van der Waals surface area contributed by atoms with E-state index >= 15 is 0 Å². The fourth-order valence-corrected chi connectivity index (χ4v) is 2.81. The van der Waals surface area contributed by atoms with E-state index in [1.807, 2.05) is 49.3 Å². The van der Waals surface area contributed by atoms with E-state index in [9.17, 15) is 4.39 Å². The first-order chi connectivity index (χ1) is 13.1. The Hall–Kier alpha value is -3.39. The third-order valence-electron chi connectivity index (χ3n) is 4.05. The van der Waals surface area contributed by atoms with Crippen molar-refractivity contribution in [3.63, 3.8) is 0 Å². The van der Waals surface area contributed by atoms with Crippen molar-refractivity contribution in [1.29, 1.82) is 0 Å². The molecule has 27 heavy (non-hydrogen) atoms. The summed E-state index contributed by atoms with van der Waals surface area (Å²) >= 11 is 0. The molecule has 3 heterocycles. The maximum atomic E-state index is 14.6. The van der Waals surface area contributed by atoms with Crippen molar-refractivity contribution in [1.82, 2.24) is 35.3 Å². The molecule has 0 saturated carbocycles. The van der Waals surface area contributed by atoms with E-state index in [2.05, 4.69) is 30.4 Å². The lowest BCUT2D eigenvalue weighted by Crippen LogP contribution is -2.11. The van der Waals surface area contributed by atoms with Gasteiger partial charge in [0.05, 0.1) is 12.2 Å². The molecule has 0 unspecified atom stereocenters. The molecule has 8 heteroatoms. The molecular weight excluding hydrogens is 345 g/mol. The Balaban J connectivity index is 1.71. The fraction of sp³-hybridized carbons (Fsp3) is 0.158. The monoisotopic (exact) mass is 363 g/mol. The van der Waals surface area contributed by atoms with Gasteiger partial charge in [0.25, 0.3) is 0 Å². The van der Waals surface area contributed by atoms with Crippen molar-refractivity contribution < 1.29 is 4.39 Å². The molecule has 4 aromatic rings.